The van der Waals surface area contributed by atoms with E-state index in [2.05, 4.69) is 15.9 Å². The zero-order valence-electron chi connectivity index (χ0n) is 18.7. The van der Waals surface area contributed by atoms with Crippen LogP contribution in [0.1, 0.15) is 5.56 Å². The molecule has 1 aromatic heterocycles. The molecule has 33 heavy (non-hydrogen) atoms. The molecule has 7 heteroatoms. The lowest BCUT2D eigenvalue weighted by atomic mass is 10.1. The van der Waals surface area contributed by atoms with Gasteiger partial charge in [0.2, 0.25) is 5.43 Å². The Kier molecular flexibility index (Phi) is 6.77. The van der Waals surface area contributed by atoms with Gasteiger partial charge in [0.15, 0.2) is 0 Å². The highest BCUT2D eigenvalue weighted by Crippen LogP contribution is 2.29. The summed E-state index contributed by atoms with van der Waals surface area (Å²) >= 11 is 0. The standard InChI is InChI=1S/C26H26N2O4.ClH/c1-30-19-8-9-20-25(16-19)32-23-10-7-18(15-21(23)26(20)29)17-27-11-13-28(14-12-27)22-5-3-4-6-24(22)31-2;/h3-10,15-16H,11-14,17H2,1-2H3;1H. The highest BCUT2D eigenvalue weighted by Gasteiger charge is 2.20. The molecule has 5 rings (SSSR count). The smallest absolute Gasteiger partial charge is 0.200 e. The quantitative estimate of drug-likeness (QED) is 0.397. The average Bonchev–Trinajstić information content (AvgIpc) is 2.84. The van der Waals surface area contributed by atoms with Gasteiger partial charge in [-0.25, -0.2) is 0 Å². The summed E-state index contributed by atoms with van der Waals surface area (Å²) in [5.74, 6) is 1.58. The number of nitrogens with zero attached hydrogens (tertiary/aromatic N) is 2. The first-order valence-corrected chi connectivity index (χ1v) is 10.8. The Bertz CT molecular complexity index is 1330. The summed E-state index contributed by atoms with van der Waals surface area (Å²) < 4.78 is 16.8. The van der Waals surface area contributed by atoms with Crippen molar-refractivity contribution in [3.05, 3.63) is 76.5 Å². The fraction of sp³-hybridized carbons (Fsp3) is 0.269. The van der Waals surface area contributed by atoms with Gasteiger partial charge >= 0.3 is 0 Å². The molecule has 1 aliphatic heterocycles. The van der Waals surface area contributed by atoms with Crippen LogP contribution in [0.3, 0.4) is 0 Å². The first-order chi connectivity index (χ1) is 15.7. The van der Waals surface area contributed by atoms with E-state index in [1.165, 1.54) is 0 Å². The predicted molar refractivity (Wildman–Crippen MR) is 134 cm³/mol. The fourth-order valence-corrected chi connectivity index (χ4v) is 4.40. The number of hydrogen-bond donors (Lipinski definition) is 0. The Morgan fingerprint density at radius 1 is 0.848 bits per heavy atom. The van der Waals surface area contributed by atoms with Gasteiger partial charge in [-0.15, -0.1) is 12.4 Å². The molecule has 4 aromatic rings. The van der Waals surface area contributed by atoms with Crippen LogP contribution < -0.4 is 19.8 Å². The normalized spacial score (nSPS) is 14.3. The second kappa shape index (κ2) is 9.73. The summed E-state index contributed by atoms with van der Waals surface area (Å²) in [7, 11) is 3.31. The van der Waals surface area contributed by atoms with E-state index in [4.69, 9.17) is 13.9 Å². The minimum atomic E-state index is -0.00764. The van der Waals surface area contributed by atoms with Crippen LogP contribution in [-0.2, 0) is 6.54 Å². The highest BCUT2D eigenvalue weighted by molar-refractivity contribution is 5.90. The number of halogens is 1. The summed E-state index contributed by atoms with van der Waals surface area (Å²) in [4.78, 5) is 17.8. The lowest BCUT2D eigenvalue weighted by Crippen LogP contribution is -2.46. The Morgan fingerprint density at radius 2 is 1.64 bits per heavy atom. The minimum absolute atomic E-state index is 0. The van der Waals surface area contributed by atoms with E-state index >= 15 is 0 Å². The molecule has 0 radical (unpaired) electrons. The molecule has 0 aliphatic carbocycles. The van der Waals surface area contributed by atoms with Crippen molar-refractivity contribution in [2.24, 2.45) is 0 Å². The van der Waals surface area contributed by atoms with Crippen molar-refractivity contribution in [3.8, 4) is 11.5 Å². The SMILES string of the molecule is COc1ccc2c(=O)c3cc(CN4CCN(c5ccccc5OC)CC4)ccc3oc2c1.Cl. The third-order valence-electron chi connectivity index (χ3n) is 6.15. The molecule has 0 amide bonds. The van der Waals surface area contributed by atoms with Gasteiger partial charge in [0.25, 0.3) is 0 Å². The van der Waals surface area contributed by atoms with E-state index in [1.807, 2.05) is 36.4 Å². The maximum Gasteiger partial charge on any atom is 0.200 e. The van der Waals surface area contributed by atoms with Crippen LogP contribution in [0, 0.1) is 0 Å². The van der Waals surface area contributed by atoms with Gasteiger partial charge in [0.05, 0.1) is 30.7 Å². The van der Waals surface area contributed by atoms with E-state index in [0.717, 1.165) is 49.7 Å². The third kappa shape index (κ3) is 4.49. The second-order valence-electron chi connectivity index (χ2n) is 8.06. The summed E-state index contributed by atoms with van der Waals surface area (Å²) in [5, 5.41) is 1.19. The number of para-hydroxylation sites is 2. The number of fused-ring (bicyclic) bond motifs is 2. The number of rotatable bonds is 5. The summed E-state index contributed by atoms with van der Waals surface area (Å²) in [6, 6.07) is 19.4. The number of piperazine rings is 1. The molecule has 0 saturated carbocycles. The summed E-state index contributed by atoms with van der Waals surface area (Å²) in [5.41, 5.74) is 3.39. The molecule has 0 spiro atoms. The Labute approximate surface area is 198 Å². The van der Waals surface area contributed by atoms with Gasteiger partial charge in [-0.3, -0.25) is 9.69 Å². The van der Waals surface area contributed by atoms with Gasteiger partial charge < -0.3 is 18.8 Å². The molecule has 0 bridgehead atoms. The topological polar surface area (TPSA) is 55.2 Å². The minimum Gasteiger partial charge on any atom is -0.497 e. The molecule has 2 heterocycles. The molecule has 1 fully saturated rings. The number of anilines is 1. The maximum atomic E-state index is 13.1. The van der Waals surface area contributed by atoms with Gasteiger partial charge in [-0.05, 0) is 42.0 Å². The van der Waals surface area contributed by atoms with Crippen molar-refractivity contribution in [2.45, 2.75) is 6.54 Å². The Hall–Kier alpha value is -3.22. The largest absolute Gasteiger partial charge is 0.497 e. The average molecular weight is 467 g/mol. The van der Waals surface area contributed by atoms with Crippen molar-refractivity contribution in [1.82, 2.24) is 4.90 Å². The van der Waals surface area contributed by atoms with Crippen LogP contribution in [0.5, 0.6) is 11.5 Å². The van der Waals surface area contributed by atoms with E-state index in [-0.39, 0.29) is 17.8 Å². The molecule has 6 nitrogen and oxygen atoms in total. The Morgan fingerprint density at radius 3 is 2.39 bits per heavy atom. The monoisotopic (exact) mass is 466 g/mol. The molecule has 0 unspecified atom stereocenters. The maximum absolute atomic E-state index is 13.1. The molecule has 0 N–H and O–H groups in total. The number of ether oxygens (including phenoxy) is 2. The van der Waals surface area contributed by atoms with E-state index < -0.39 is 0 Å². The van der Waals surface area contributed by atoms with Crippen LogP contribution >= 0.6 is 12.4 Å². The Balaban J connectivity index is 0.00000259. The van der Waals surface area contributed by atoms with Crippen molar-refractivity contribution < 1.29 is 13.9 Å². The number of methoxy groups -OCH3 is 2. The van der Waals surface area contributed by atoms with E-state index in [9.17, 15) is 4.79 Å². The summed E-state index contributed by atoms with van der Waals surface area (Å²) in [6.07, 6.45) is 0. The van der Waals surface area contributed by atoms with Crippen LogP contribution in [0.4, 0.5) is 5.69 Å². The summed E-state index contributed by atoms with van der Waals surface area (Å²) in [6.45, 7) is 4.56. The second-order valence-corrected chi connectivity index (χ2v) is 8.06. The zero-order valence-corrected chi connectivity index (χ0v) is 19.6. The van der Waals surface area contributed by atoms with Gasteiger partial charge in [-0.1, -0.05) is 18.2 Å². The zero-order chi connectivity index (χ0) is 22.1. The van der Waals surface area contributed by atoms with Crippen LogP contribution in [0.25, 0.3) is 21.9 Å². The van der Waals surface area contributed by atoms with Crippen LogP contribution in [-0.4, -0.2) is 45.3 Å². The van der Waals surface area contributed by atoms with Crippen molar-refractivity contribution in [3.63, 3.8) is 0 Å². The molecular formula is C26H27ClN2O4. The molecule has 1 saturated heterocycles. The predicted octanol–water partition coefficient (Wildman–Crippen LogP) is 4.71. The van der Waals surface area contributed by atoms with Crippen molar-refractivity contribution in [1.29, 1.82) is 0 Å². The van der Waals surface area contributed by atoms with Gasteiger partial charge in [-0.2, -0.15) is 0 Å². The first-order valence-electron chi connectivity index (χ1n) is 10.8. The lowest BCUT2D eigenvalue weighted by molar-refractivity contribution is 0.249. The molecular weight excluding hydrogens is 440 g/mol. The molecule has 1 aliphatic rings. The first kappa shape index (κ1) is 23.0. The third-order valence-corrected chi connectivity index (χ3v) is 6.15. The highest BCUT2D eigenvalue weighted by atomic mass is 35.5. The van der Waals surface area contributed by atoms with Crippen LogP contribution in [0.2, 0.25) is 0 Å². The van der Waals surface area contributed by atoms with Crippen molar-refractivity contribution >= 4 is 40.0 Å². The van der Waals surface area contributed by atoms with Crippen LogP contribution in [0.15, 0.2) is 69.9 Å². The number of benzene rings is 3. The van der Waals surface area contributed by atoms with Gasteiger partial charge in [0, 0.05) is 38.8 Å². The van der Waals surface area contributed by atoms with E-state index in [1.54, 1.807) is 32.4 Å². The lowest BCUT2D eigenvalue weighted by Gasteiger charge is -2.36. The number of hydrogen-bond acceptors (Lipinski definition) is 6. The van der Waals surface area contributed by atoms with E-state index in [0.29, 0.717) is 27.7 Å². The molecule has 172 valence electrons. The van der Waals surface area contributed by atoms with Crippen molar-refractivity contribution in [2.75, 3.05) is 45.3 Å². The van der Waals surface area contributed by atoms with Gasteiger partial charge in [0.1, 0.15) is 22.7 Å². The molecule has 0 atom stereocenters. The fourth-order valence-electron chi connectivity index (χ4n) is 4.40. The molecule has 3 aromatic carbocycles.